The van der Waals surface area contributed by atoms with Gasteiger partial charge >= 0.3 is 5.97 Å². The number of aromatic nitrogens is 3. The number of likely N-dealkylation sites (tertiary alicyclic amines) is 1. The van der Waals surface area contributed by atoms with Gasteiger partial charge in [0.2, 0.25) is 0 Å². The third kappa shape index (κ3) is 5.38. The Hall–Kier alpha value is -4.19. The van der Waals surface area contributed by atoms with Crippen molar-refractivity contribution in [1.29, 1.82) is 0 Å². The third-order valence-electron chi connectivity index (χ3n) is 6.20. The van der Waals surface area contributed by atoms with E-state index in [1.165, 1.54) is 0 Å². The number of carbonyl (C=O) groups is 1. The first-order chi connectivity index (χ1) is 17.4. The average molecular weight is 483 g/mol. The summed E-state index contributed by atoms with van der Waals surface area (Å²) in [6.07, 6.45) is 2.81. The van der Waals surface area contributed by atoms with Crippen LogP contribution in [0.2, 0.25) is 0 Å². The second-order valence-corrected chi connectivity index (χ2v) is 9.03. The molecule has 3 heterocycles. The summed E-state index contributed by atoms with van der Waals surface area (Å²) in [4.78, 5) is 17.2. The fourth-order valence-corrected chi connectivity index (χ4v) is 4.19. The van der Waals surface area contributed by atoms with Crippen molar-refractivity contribution >= 4 is 5.97 Å². The van der Waals surface area contributed by atoms with Crippen molar-refractivity contribution in [2.75, 3.05) is 13.1 Å². The average Bonchev–Trinajstić information content (AvgIpc) is 3.51. The molecule has 2 aromatic heterocycles. The first-order valence-electron chi connectivity index (χ1n) is 11.8. The number of aliphatic carboxylic acids is 1. The minimum atomic E-state index is -0.715. The first kappa shape index (κ1) is 23.5. The number of nitrogens with zero attached hydrogens (tertiary/aromatic N) is 4. The lowest BCUT2D eigenvalue weighted by molar-refractivity contribution is -0.147. The summed E-state index contributed by atoms with van der Waals surface area (Å²) in [5.74, 6) is 6.67. The predicted molar refractivity (Wildman–Crippen MR) is 133 cm³/mol. The van der Waals surface area contributed by atoms with Gasteiger partial charge in [0, 0.05) is 54.8 Å². The van der Waals surface area contributed by atoms with Gasteiger partial charge < -0.3 is 19.3 Å². The van der Waals surface area contributed by atoms with E-state index in [1.807, 2.05) is 59.2 Å². The molecule has 0 saturated carbocycles. The second kappa shape index (κ2) is 10.2. The summed E-state index contributed by atoms with van der Waals surface area (Å²) in [7, 11) is 0. The molecule has 2 N–H and O–H groups in total. The molecule has 0 aliphatic carbocycles. The maximum atomic E-state index is 10.9. The van der Waals surface area contributed by atoms with Crippen molar-refractivity contribution in [3.63, 3.8) is 0 Å². The lowest BCUT2D eigenvalue weighted by Gasteiger charge is -2.36. The molecule has 1 saturated heterocycles. The van der Waals surface area contributed by atoms with Crippen LogP contribution in [0.5, 0.6) is 0 Å². The fourth-order valence-electron chi connectivity index (χ4n) is 4.19. The molecule has 8 nitrogen and oxygen atoms in total. The van der Waals surface area contributed by atoms with Crippen LogP contribution in [-0.4, -0.2) is 48.9 Å². The molecule has 1 aliphatic heterocycles. The SMILES string of the molecule is C[C@H](O)c1nccn1Cc1cc(-c2ccc(C#Cc3ccc(CN4CC(C(=O)O)C4)cc3)cc2)on1. The lowest BCUT2D eigenvalue weighted by Crippen LogP contribution is -2.49. The quantitative estimate of drug-likeness (QED) is 0.388. The van der Waals surface area contributed by atoms with Gasteiger partial charge in [-0.05, 0) is 48.9 Å². The largest absolute Gasteiger partial charge is 0.481 e. The molecule has 0 bridgehead atoms. The van der Waals surface area contributed by atoms with Crippen LogP contribution in [0, 0.1) is 17.8 Å². The molecule has 5 rings (SSSR count). The van der Waals surface area contributed by atoms with Gasteiger partial charge in [-0.25, -0.2) is 4.98 Å². The van der Waals surface area contributed by atoms with Gasteiger partial charge in [-0.2, -0.15) is 0 Å². The van der Waals surface area contributed by atoms with E-state index in [-0.39, 0.29) is 5.92 Å². The molecule has 0 amide bonds. The zero-order valence-corrected chi connectivity index (χ0v) is 19.8. The number of rotatable bonds is 7. The van der Waals surface area contributed by atoms with Crippen molar-refractivity contribution in [3.05, 3.63) is 95.2 Å². The highest BCUT2D eigenvalue weighted by atomic mass is 16.5. The van der Waals surface area contributed by atoms with Crippen LogP contribution >= 0.6 is 0 Å². The van der Waals surface area contributed by atoms with Crippen molar-refractivity contribution in [1.82, 2.24) is 19.6 Å². The smallest absolute Gasteiger partial charge is 0.309 e. The second-order valence-electron chi connectivity index (χ2n) is 9.03. The molecule has 0 radical (unpaired) electrons. The van der Waals surface area contributed by atoms with Crippen molar-refractivity contribution < 1.29 is 19.5 Å². The maximum Gasteiger partial charge on any atom is 0.309 e. The van der Waals surface area contributed by atoms with E-state index in [9.17, 15) is 9.90 Å². The van der Waals surface area contributed by atoms with Gasteiger partial charge in [0.25, 0.3) is 0 Å². The van der Waals surface area contributed by atoms with E-state index in [0.717, 1.165) is 34.5 Å². The number of hydrogen-bond donors (Lipinski definition) is 2. The number of carboxylic acid groups (broad SMARTS) is 1. The van der Waals surface area contributed by atoms with Crippen LogP contribution in [0.15, 0.2) is 71.5 Å². The van der Waals surface area contributed by atoms with Crippen molar-refractivity contribution in [2.24, 2.45) is 5.92 Å². The van der Waals surface area contributed by atoms with Gasteiger partial charge in [0.1, 0.15) is 17.6 Å². The minimum Gasteiger partial charge on any atom is -0.481 e. The monoisotopic (exact) mass is 482 g/mol. The Kier molecular flexibility index (Phi) is 6.67. The predicted octanol–water partition coefficient (Wildman–Crippen LogP) is 3.56. The number of aliphatic hydroxyl groups is 1. The molecule has 4 aromatic rings. The number of aliphatic hydroxyl groups excluding tert-OH is 1. The Morgan fingerprint density at radius 1 is 1.08 bits per heavy atom. The molecule has 36 heavy (non-hydrogen) atoms. The molecular weight excluding hydrogens is 456 g/mol. The highest BCUT2D eigenvalue weighted by molar-refractivity contribution is 5.71. The Morgan fingerprint density at radius 2 is 1.75 bits per heavy atom. The molecule has 0 spiro atoms. The van der Waals surface area contributed by atoms with E-state index in [1.54, 1.807) is 19.3 Å². The van der Waals surface area contributed by atoms with Gasteiger partial charge in [0.05, 0.1) is 12.5 Å². The maximum absolute atomic E-state index is 10.9. The van der Waals surface area contributed by atoms with Crippen LogP contribution in [0.25, 0.3) is 11.3 Å². The summed E-state index contributed by atoms with van der Waals surface area (Å²) >= 11 is 0. The van der Waals surface area contributed by atoms with Gasteiger partial charge in [-0.15, -0.1) is 0 Å². The number of hydrogen-bond acceptors (Lipinski definition) is 6. The van der Waals surface area contributed by atoms with E-state index in [4.69, 9.17) is 9.63 Å². The summed E-state index contributed by atoms with van der Waals surface area (Å²) in [5.41, 5.74) is 4.61. The first-order valence-corrected chi connectivity index (χ1v) is 11.8. The normalized spacial score (nSPS) is 14.6. The fraction of sp³-hybridized carbons (Fsp3) is 0.250. The molecule has 1 aliphatic rings. The van der Waals surface area contributed by atoms with E-state index < -0.39 is 12.1 Å². The van der Waals surface area contributed by atoms with Gasteiger partial charge in [-0.1, -0.05) is 29.1 Å². The number of benzene rings is 2. The summed E-state index contributed by atoms with van der Waals surface area (Å²) < 4.78 is 7.37. The molecule has 182 valence electrons. The highest BCUT2D eigenvalue weighted by Crippen LogP contribution is 2.22. The van der Waals surface area contributed by atoms with Crippen molar-refractivity contribution in [3.8, 4) is 23.2 Å². The van der Waals surface area contributed by atoms with E-state index in [2.05, 4.69) is 26.9 Å². The summed E-state index contributed by atoms with van der Waals surface area (Å²) in [5, 5.41) is 23.0. The topological polar surface area (TPSA) is 105 Å². The Bertz CT molecular complexity index is 1400. The number of imidazole rings is 1. The zero-order chi connectivity index (χ0) is 25.1. The van der Waals surface area contributed by atoms with Crippen molar-refractivity contribution in [2.45, 2.75) is 26.1 Å². The Balaban J connectivity index is 1.18. The van der Waals surface area contributed by atoms with Crippen LogP contribution in [0.4, 0.5) is 0 Å². The lowest BCUT2D eigenvalue weighted by atomic mass is 9.99. The minimum absolute atomic E-state index is 0.237. The third-order valence-corrected chi connectivity index (χ3v) is 6.20. The van der Waals surface area contributed by atoms with Crippen LogP contribution in [0.3, 0.4) is 0 Å². The zero-order valence-electron chi connectivity index (χ0n) is 19.8. The molecule has 1 atom stereocenters. The van der Waals surface area contributed by atoms with Crippen LogP contribution in [-0.2, 0) is 17.9 Å². The Labute approximate surface area is 208 Å². The van der Waals surface area contributed by atoms with E-state index >= 15 is 0 Å². The highest BCUT2D eigenvalue weighted by Gasteiger charge is 2.32. The Morgan fingerprint density at radius 3 is 2.39 bits per heavy atom. The van der Waals surface area contributed by atoms with Crippen LogP contribution in [0.1, 0.15) is 41.2 Å². The summed E-state index contributed by atoms with van der Waals surface area (Å²) in [6, 6.07) is 17.7. The molecule has 2 aromatic carbocycles. The molecular formula is C28H26N4O4. The van der Waals surface area contributed by atoms with Gasteiger partial charge in [-0.3, -0.25) is 9.69 Å². The molecule has 0 unspecified atom stereocenters. The summed E-state index contributed by atoms with van der Waals surface area (Å²) in [6.45, 7) is 4.12. The molecule has 1 fully saturated rings. The molecule has 8 heteroatoms. The van der Waals surface area contributed by atoms with E-state index in [0.29, 0.717) is 31.2 Å². The standard InChI is InChI=1S/C28H26N4O4/c1-19(33)27-29-12-13-32(27)18-25-14-26(36-30-25)23-10-8-21(9-11-23)3-2-20-4-6-22(7-5-20)15-31-16-24(17-31)28(34)35/h4-14,19,24,33H,15-18H2,1H3,(H,34,35)/t19-/m0/s1. The van der Waals surface area contributed by atoms with Crippen LogP contribution < -0.4 is 0 Å². The van der Waals surface area contributed by atoms with Gasteiger partial charge in [0.15, 0.2) is 5.76 Å². The number of carboxylic acids is 1.